The first-order valence-electron chi connectivity index (χ1n) is 5.00. The van der Waals surface area contributed by atoms with Gasteiger partial charge in [0, 0.05) is 11.6 Å². The molecule has 80 valence electrons. The van der Waals surface area contributed by atoms with Crippen LogP contribution in [0.3, 0.4) is 0 Å². The highest BCUT2D eigenvalue weighted by Gasteiger charge is 2.26. The number of halogens is 1. The van der Waals surface area contributed by atoms with Crippen molar-refractivity contribution >= 4 is 28.9 Å². The van der Waals surface area contributed by atoms with E-state index in [0.29, 0.717) is 11.2 Å². The minimum atomic E-state index is 0.333. The summed E-state index contributed by atoms with van der Waals surface area (Å²) in [6.45, 7) is 0.961. The summed E-state index contributed by atoms with van der Waals surface area (Å²) in [5.41, 5.74) is 6.93. The second kappa shape index (κ2) is 4.37. The molecule has 0 radical (unpaired) electrons. The summed E-state index contributed by atoms with van der Waals surface area (Å²) < 4.78 is 0. The Bertz CT molecular complexity index is 363. The molecule has 0 saturated carbocycles. The van der Waals surface area contributed by atoms with E-state index < -0.39 is 0 Å². The van der Waals surface area contributed by atoms with Crippen molar-refractivity contribution < 1.29 is 0 Å². The zero-order valence-electron chi connectivity index (χ0n) is 8.32. The molecule has 15 heavy (non-hydrogen) atoms. The highest BCUT2D eigenvalue weighted by molar-refractivity contribution is 7.80. The van der Waals surface area contributed by atoms with Gasteiger partial charge in [-0.05, 0) is 42.8 Å². The molecule has 1 saturated heterocycles. The first-order chi connectivity index (χ1) is 7.18. The van der Waals surface area contributed by atoms with Gasteiger partial charge in [0.25, 0.3) is 0 Å². The molecule has 1 atom stereocenters. The number of hydrogen-bond donors (Lipinski definition) is 1. The van der Waals surface area contributed by atoms with Gasteiger partial charge in [0.05, 0.1) is 6.04 Å². The van der Waals surface area contributed by atoms with Crippen LogP contribution in [0.25, 0.3) is 0 Å². The third-order valence-corrected chi connectivity index (χ3v) is 3.28. The van der Waals surface area contributed by atoms with Crippen molar-refractivity contribution in [3.63, 3.8) is 0 Å². The van der Waals surface area contributed by atoms with Crippen molar-refractivity contribution in [3.05, 3.63) is 34.9 Å². The maximum absolute atomic E-state index is 5.85. The van der Waals surface area contributed by atoms with Crippen LogP contribution in [0.15, 0.2) is 24.3 Å². The van der Waals surface area contributed by atoms with Gasteiger partial charge in [-0.25, -0.2) is 0 Å². The summed E-state index contributed by atoms with van der Waals surface area (Å²) in [6, 6.07) is 8.24. The fraction of sp³-hybridized carbons (Fsp3) is 0.364. The van der Waals surface area contributed by atoms with E-state index in [1.807, 2.05) is 24.3 Å². The Morgan fingerprint density at radius 1 is 1.40 bits per heavy atom. The maximum Gasteiger partial charge on any atom is 0.166 e. The zero-order chi connectivity index (χ0) is 10.8. The summed E-state index contributed by atoms with van der Waals surface area (Å²) in [5, 5.41) is 1.26. The molecule has 1 fully saturated rings. The lowest BCUT2D eigenvalue weighted by molar-refractivity contribution is 0.403. The average molecular weight is 241 g/mol. The van der Waals surface area contributed by atoms with E-state index in [2.05, 4.69) is 4.90 Å². The van der Waals surface area contributed by atoms with E-state index in [1.165, 1.54) is 5.56 Å². The van der Waals surface area contributed by atoms with Gasteiger partial charge in [0.2, 0.25) is 0 Å². The molecule has 0 amide bonds. The largest absolute Gasteiger partial charge is 0.376 e. The van der Waals surface area contributed by atoms with Crippen LogP contribution >= 0.6 is 23.8 Å². The Morgan fingerprint density at radius 2 is 2.07 bits per heavy atom. The summed E-state index contributed by atoms with van der Waals surface area (Å²) in [7, 11) is 0. The van der Waals surface area contributed by atoms with Crippen molar-refractivity contribution in [1.29, 1.82) is 0 Å². The van der Waals surface area contributed by atoms with Crippen LogP contribution in [0.2, 0.25) is 5.02 Å². The Hall–Kier alpha value is -0.800. The van der Waals surface area contributed by atoms with Crippen molar-refractivity contribution in [2.24, 2.45) is 5.73 Å². The van der Waals surface area contributed by atoms with E-state index >= 15 is 0 Å². The van der Waals surface area contributed by atoms with Crippen LogP contribution < -0.4 is 5.73 Å². The topological polar surface area (TPSA) is 29.3 Å². The normalized spacial score (nSPS) is 20.6. The van der Waals surface area contributed by atoms with Gasteiger partial charge in [0.15, 0.2) is 5.11 Å². The molecule has 2 nitrogen and oxygen atoms in total. The molecule has 1 aromatic rings. The quantitative estimate of drug-likeness (QED) is 0.766. The van der Waals surface area contributed by atoms with E-state index in [4.69, 9.17) is 29.6 Å². The number of thiocarbonyl (C=S) groups is 1. The van der Waals surface area contributed by atoms with Crippen molar-refractivity contribution in [2.75, 3.05) is 6.54 Å². The second-order valence-electron chi connectivity index (χ2n) is 3.74. The number of likely N-dealkylation sites (tertiary alicyclic amines) is 1. The van der Waals surface area contributed by atoms with Gasteiger partial charge in [-0.1, -0.05) is 23.7 Å². The van der Waals surface area contributed by atoms with Crippen LogP contribution in [0.4, 0.5) is 0 Å². The smallest absolute Gasteiger partial charge is 0.166 e. The summed E-state index contributed by atoms with van der Waals surface area (Å²) in [5.74, 6) is 0. The first kappa shape index (κ1) is 10.7. The summed E-state index contributed by atoms with van der Waals surface area (Å²) >= 11 is 10.9. The van der Waals surface area contributed by atoms with E-state index in [-0.39, 0.29) is 0 Å². The lowest BCUT2D eigenvalue weighted by Crippen LogP contribution is -2.34. The highest BCUT2D eigenvalue weighted by Crippen LogP contribution is 2.31. The zero-order valence-corrected chi connectivity index (χ0v) is 9.89. The Balaban J connectivity index is 2.22. The van der Waals surface area contributed by atoms with Crippen LogP contribution in [0, 0.1) is 0 Å². The SMILES string of the molecule is NC(=S)N1CCCC1c1ccc(Cl)cc1. The molecule has 0 aromatic heterocycles. The number of rotatable bonds is 1. The van der Waals surface area contributed by atoms with Gasteiger partial charge in [0.1, 0.15) is 0 Å². The monoisotopic (exact) mass is 240 g/mol. The van der Waals surface area contributed by atoms with E-state index in [9.17, 15) is 0 Å². The average Bonchev–Trinajstić information content (AvgIpc) is 2.67. The van der Waals surface area contributed by atoms with E-state index in [1.54, 1.807) is 0 Å². The summed E-state index contributed by atoms with van der Waals surface area (Å²) in [4.78, 5) is 2.08. The maximum atomic E-state index is 5.85. The fourth-order valence-corrected chi connectivity index (χ4v) is 2.41. The molecule has 0 bridgehead atoms. The Morgan fingerprint density at radius 3 is 2.67 bits per heavy atom. The van der Waals surface area contributed by atoms with Crippen LogP contribution in [0.5, 0.6) is 0 Å². The molecule has 4 heteroatoms. The van der Waals surface area contributed by atoms with Gasteiger partial charge < -0.3 is 10.6 Å². The van der Waals surface area contributed by atoms with Gasteiger partial charge in [-0.3, -0.25) is 0 Å². The minimum absolute atomic E-state index is 0.333. The third kappa shape index (κ3) is 2.24. The Labute approximate surface area is 100 Å². The second-order valence-corrected chi connectivity index (χ2v) is 4.60. The molecular weight excluding hydrogens is 228 g/mol. The fourth-order valence-electron chi connectivity index (χ4n) is 2.06. The van der Waals surface area contributed by atoms with Gasteiger partial charge >= 0.3 is 0 Å². The van der Waals surface area contributed by atoms with Crippen LogP contribution in [-0.4, -0.2) is 16.6 Å². The Kier molecular flexibility index (Phi) is 3.12. The molecule has 0 spiro atoms. The molecule has 0 aliphatic carbocycles. The van der Waals surface area contributed by atoms with Crippen LogP contribution in [0.1, 0.15) is 24.4 Å². The first-order valence-corrected chi connectivity index (χ1v) is 5.78. The molecule has 2 rings (SSSR count). The number of nitrogens with zero attached hydrogens (tertiary/aromatic N) is 1. The lowest BCUT2D eigenvalue weighted by atomic mass is 10.1. The molecule has 1 aromatic carbocycles. The van der Waals surface area contributed by atoms with Crippen molar-refractivity contribution in [1.82, 2.24) is 4.90 Å². The van der Waals surface area contributed by atoms with Gasteiger partial charge in [-0.2, -0.15) is 0 Å². The lowest BCUT2D eigenvalue weighted by Gasteiger charge is -2.25. The van der Waals surface area contributed by atoms with E-state index in [0.717, 1.165) is 24.4 Å². The number of nitrogens with two attached hydrogens (primary N) is 1. The predicted octanol–water partition coefficient (Wildman–Crippen LogP) is 2.72. The van der Waals surface area contributed by atoms with Gasteiger partial charge in [-0.15, -0.1) is 0 Å². The molecule has 1 aliphatic rings. The third-order valence-electron chi connectivity index (χ3n) is 2.79. The molecule has 1 unspecified atom stereocenters. The molecule has 1 aliphatic heterocycles. The standard InChI is InChI=1S/C11H13ClN2S/c12-9-5-3-8(4-6-9)10-2-1-7-14(10)11(13)15/h3-6,10H,1-2,7H2,(H2,13,15). The van der Waals surface area contributed by atoms with Crippen molar-refractivity contribution in [3.8, 4) is 0 Å². The number of benzene rings is 1. The molecular formula is C11H13ClN2S. The van der Waals surface area contributed by atoms with Crippen LogP contribution in [-0.2, 0) is 0 Å². The number of hydrogen-bond acceptors (Lipinski definition) is 1. The summed E-state index contributed by atoms with van der Waals surface area (Å²) in [6.07, 6.45) is 2.25. The minimum Gasteiger partial charge on any atom is -0.376 e. The highest BCUT2D eigenvalue weighted by atomic mass is 35.5. The van der Waals surface area contributed by atoms with Crippen molar-refractivity contribution in [2.45, 2.75) is 18.9 Å². The molecule has 2 N–H and O–H groups in total. The molecule has 1 heterocycles. The predicted molar refractivity (Wildman–Crippen MR) is 66.9 cm³/mol.